The van der Waals surface area contributed by atoms with Gasteiger partial charge in [-0.05, 0) is 55.7 Å². The molecular weight excluding hydrogens is 386 g/mol. The van der Waals surface area contributed by atoms with Gasteiger partial charge >= 0.3 is 0 Å². The minimum Gasteiger partial charge on any atom is -0.381 e. The fourth-order valence-corrected chi connectivity index (χ4v) is 4.09. The molecule has 0 saturated carbocycles. The minimum absolute atomic E-state index is 0.171. The molecule has 6 heteroatoms. The van der Waals surface area contributed by atoms with Gasteiger partial charge < -0.3 is 10.1 Å². The summed E-state index contributed by atoms with van der Waals surface area (Å²) < 4.78 is 7.36. The van der Waals surface area contributed by atoms with Crippen molar-refractivity contribution in [3.05, 3.63) is 82.6 Å². The lowest BCUT2D eigenvalue weighted by atomic mass is 9.74. The largest absolute Gasteiger partial charge is 0.381 e. The van der Waals surface area contributed by atoms with Crippen LogP contribution in [0.15, 0.2) is 60.7 Å². The van der Waals surface area contributed by atoms with E-state index in [0.717, 1.165) is 29.8 Å². The Morgan fingerprint density at radius 1 is 1.14 bits per heavy atom. The second-order valence-corrected chi connectivity index (χ2v) is 7.94. The molecule has 1 aromatic heterocycles. The second kappa shape index (κ2) is 8.39. The number of aromatic nitrogens is 2. The van der Waals surface area contributed by atoms with Crippen molar-refractivity contribution in [2.45, 2.75) is 25.2 Å². The van der Waals surface area contributed by atoms with Crippen molar-refractivity contribution in [3.8, 4) is 5.69 Å². The Morgan fingerprint density at radius 3 is 2.62 bits per heavy atom. The van der Waals surface area contributed by atoms with Crippen molar-refractivity contribution in [3.63, 3.8) is 0 Å². The third-order valence-corrected chi connectivity index (χ3v) is 5.83. The van der Waals surface area contributed by atoms with Crippen LogP contribution in [0, 0.1) is 6.92 Å². The summed E-state index contributed by atoms with van der Waals surface area (Å²) in [6.45, 7) is 3.81. The molecule has 1 N–H and O–H groups in total. The number of carbonyl (C=O) groups excluding carboxylic acids is 1. The lowest BCUT2D eigenvalue weighted by Gasteiger charge is -2.38. The molecule has 0 radical (unpaired) electrons. The highest BCUT2D eigenvalue weighted by Crippen LogP contribution is 2.35. The van der Waals surface area contributed by atoms with Gasteiger partial charge in [-0.15, -0.1) is 0 Å². The molecule has 0 spiro atoms. The van der Waals surface area contributed by atoms with E-state index in [0.29, 0.717) is 30.5 Å². The minimum atomic E-state index is -0.185. The van der Waals surface area contributed by atoms with Crippen LogP contribution in [-0.4, -0.2) is 35.4 Å². The maximum Gasteiger partial charge on any atom is 0.271 e. The summed E-state index contributed by atoms with van der Waals surface area (Å²) in [5, 5.41) is 8.32. The van der Waals surface area contributed by atoms with Crippen LogP contribution in [0.25, 0.3) is 5.69 Å². The van der Waals surface area contributed by atoms with Crippen molar-refractivity contribution in [2.75, 3.05) is 19.8 Å². The molecule has 1 aliphatic heterocycles. The van der Waals surface area contributed by atoms with E-state index < -0.39 is 0 Å². The fraction of sp³-hybridized carbons (Fsp3) is 0.304. The second-order valence-electron chi connectivity index (χ2n) is 7.50. The highest BCUT2D eigenvalue weighted by Gasteiger charge is 2.35. The summed E-state index contributed by atoms with van der Waals surface area (Å²) in [6, 6.07) is 19.5. The number of nitrogens with zero attached hydrogens (tertiary/aromatic N) is 2. The van der Waals surface area contributed by atoms with Crippen LogP contribution >= 0.6 is 11.6 Å². The number of halogens is 1. The van der Waals surface area contributed by atoms with Gasteiger partial charge in [0.2, 0.25) is 0 Å². The number of amides is 1. The summed E-state index contributed by atoms with van der Waals surface area (Å²) in [6.07, 6.45) is 1.68. The summed E-state index contributed by atoms with van der Waals surface area (Å²) in [4.78, 5) is 12.9. The molecule has 1 fully saturated rings. The summed E-state index contributed by atoms with van der Waals surface area (Å²) in [5.74, 6) is -0.171. The zero-order valence-electron chi connectivity index (χ0n) is 16.4. The Morgan fingerprint density at radius 2 is 1.90 bits per heavy atom. The number of aryl methyl sites for hydroxylation is 1. The van der Waals surface area contributed by atoms with E-state index in [-0.39, 0.29) is 11.3 Å². The first-order valence-corrected chi connectivity index (χ1v) is 10.2. The lowest BCUT2D eigenvalue weighted by molar-refractivity contribution is 0.0486. The highest BCUT2D eigenvalue weighted by molar-refractivity contribution is 6.30. The normalized spacial score (nSPS) is 15.8. The molecule has 2 aromatic carbocycles. The zero-order valence-corrected chi connectivity index (χ0v) is 17.2. The van der Waals surface area contributed by atoms with Gasteiger partial charge in [-0.3, -0.25) is 4.79 Å². The number of nitrogens with one attached hydrogen (secondary N) is 1. The third-order valence-electron chi connectivity index (χ3n) is 5.60. The molecule has 1 saturated heterocycles. The van der Waals surface area contributed by atoms with Crippen LogP contribution < -0.4 is 5.32 Å². The molecular formula is C23H24ClN3O2. The van der Waals surface area contributed by atoms with E-state index in [9.17, 15) is 4.79 Å². The third kappa shape index (κ3) is 4.21. The standard InChI is InChI=1S/C23H24ClN3O2/c1-17-14-21(26-27(17)20-8-3-2-4-9-20)22(28)25-16-23(10-12-29-13-11-23)18-6-5-7-19(24)15-18/h2-9,14-15H,10-13,16H2,1H3,(H,25,28). The molecule has 1 aliphatic rings. The van der Waals surface area contributed by atoms with Crippen LogP contribution in [0.4, 0.5) is 0 Å². The summed E-state index contributed by atoms with van der Waals surface area (Å²) in [7, 11) is 0. The maximum atomic E-state index is 12.9. The smallest absolute Gasteiger partial charge is 0.271 e. The van der Waals surface area contributed by atoms with Crippen LogP contribution in [0.1, 0.15) is 34.6 Å². The molecule has 0 atom stereocenters. The van der Waals surface area contributed by atoms with Crippen molar-refractivity contribution in [1.82, 2.24) is 15.1 Å². The molecule has 29 heavy (non-hydrogen) atoms. The van der Waals surface area contributed by atoms with E-state index in [2.05, 4.69) is 16.5 Å². The van der Waals surface area contributed by atoms with Crippen molar-refractivity contribution >= 4 is 17.5 Å². The van der Waals surface area contributed by atoms with Gasteiger partial charge in [-0.2, -0.15) is 5.10 Å². The summed E-state index contributed by atoms with van der Waals surface area (Å²) in [5.41, 5.74) is 3.22. The van der Waals surface area contributed by atoms with Crippen LogP contribution in [-0.2, 0) is 10.2 Å². The van der Waals surface area contributed by atoms with E-state index in [4.69, 9.17) is 16.3 Å². The van der Waals surface area contributed by atoms with Crippen molar-refractivity contribution < 1.29 is 9.53 Å². The van der Waals surface area contributed by atoms with Gasteiger partial charge in [-0.25, -0.2) is 4.68 Å². The van der Waals surface area contributed by atoms with Gasteiger partial charge in [0.25, 0.3) is 5.91 Å². The number of hydrogen-bond acceptors (Lipinski definition) is 3. The first kappa shape index (κ1) is 19.7. The van der Waals surface area contributed by atoms with Gasteiger partial charge in [0.1, 0.15) is 0 Å². The quantitative estimate of drug-likeness (QED) is 0.683. The van der Waals surface area contributed by atoms with Gasteiger partial charge in [-0.1, -0.05) is 41.9 Å². The Labute approximate surface area is 175 Å². The SMILES string of the molecule is Cc1cc(C(=O)NCC2(c3cccc(Cl)c3)CCOCC2)nn1-c1ccccc1. The van der Waals surface area contributed by atoms with Crippen molar-refractivity contribution in [2.24, 2.45) is 0 Å². The maximum absolute atomic E-state index is 12.9. The number of ether oxygens (including phenoxy) is 1. The fourth-order valence-electron chi connectivity index (χ4n) is 3.90. The Balaban J connectivity index is 1.53. The first-order chi connectivity index (χ1) is 14.1. The molecule has 1 amide bonds. The number of carbonyl (C=O) groups is 1. The van der Waals surface area contributed by atoms with E-state index >= 15 is 0 Å². The van der Waals surface area contributed by atoms with Gasteiger partial charge in [0.05, 0.1) is 5.69 Å². The Bertz CT molecular complexity index is 994. The molecule has 0 unspecified atom stereocenters. The molecule has 5 nitrogen and oxygen atoms in total. The number of benzene rings is 2. The van der Waals surface area contributed by atoms with Crippen LogP contribution in [0.5, 0.6) is 0 Å². The number of hydrogen-bond donors (Lipinski definition) is 1. The van der Waals surface area contributed by atoms with E-state index in [1.54, 1.807) is 4.68 Å². The Hall–Kier alpha value is -2.63. The predicted molar refractivity (Wildman–Crippen MR) is 114 cm³/mol. The number of para-hydroxylation sites is 1. The topological polar surface area (TPSA) is 56.1 Å². The predicted octanol–water partition coefficient (Wildman–Crippen LogP) is 4.31. The average Bonchev–Trinajstić information content (AvgIpc) is 3.15. The lowest BCUT2D eigenvalue weighted by Crippen LogP contribution is -2.44. The number of rotatable bonds is 5. The van der Waals surface area contributed by atoms with E-state index in [1.165, 1.54) is 0 Å². The monoisotopic (exact) mass is 409 g/mol. The van der Waals surface area contributed by atoms with Crippen molar-refractivity contribution in [1.29, 1.82) is 0 Å². The zero-order chi connectivity index (χ0) is 20.3. The molecule has 3 aromatic rings. The molecule has 2 heterocycles. The molecule has 150 valence electrons. The average molecular weight is 410 g/mol. The highest BCUT2D eigenvalue weighted by atomic mass is 35.5. The van der Waals surface area contributed by atoms with Crippen LogP contribution in [0.2, 0.25) is 5.02 Å². The first-order valence-electron chi connectivity index (χ1n) is 9.81. The van der Waals surface area contributed by atoms with E-state index in [1.807, 2.05) is 61.5 Å². The van der Waals surface area contributed by atoms with Gasteiger partial charge in [0, 0.05) is 35.9 Å². The molecule has 0 bridgehead atoms. The summed E-state index contributed by atoms with van der Waals surface area (Å²) >= 11 is 6.23. The molecule has 4 rings (SSSR count). The Kier molecular flexibility index (Phi) is 5.69. The molecule has 0 aliphatic carbocycles. The van der Waals surface area contributed by atoms with Crippen LogP contribution in [0.3, 0.4) is 0 Å². The van der Waals surface area contributed by atoms with Gasteiger partial charge in [0.15, 0.2) is 5.69 Å².